The van der Waals surface area contributed by atoms with Crippen molar-refractivity contribution < 1.29 is 4.74 Å². The molecule has 2 aromatic heterocycles. The highest BCUT2D eigenvalue weighted by molar-refractivity contribution is 7.15. The van der Waals surface area contributed by atoms with Gasteiger partial charge >= 0.3 is 0 Å². The predicted molar refractivity (Wildman–Crippen MR) is 74.3 cm³/mol. The molecular formula is C14H14N2OS. The summed E-state index contributed by atoms with van der Waals surface area (Å²) in [6.45, 7) is 2.87. The maximum absolute atomic E-state index is 5.58. The molecule has 0 N–H and O–H groups in total. The largest absolute Gasteiger partial charge is 0.494 e. The Labute approximate surface area is 110 Å². The molecule has 0 saturated heterocycles. The Morgan fingerprint density at radius 1 is 1.28 bits per heavy atom. The van der Waals surface area contributed by atoms with E-state index in [1.165, 1.54) is 11.3 Å². The Balaban J connectivity index is 1.91. The first-order valence-corrected chi connectivity index (χ1v) is 6.90. The van der Waals surface area contributed by atoms with E-state index in [1.54, 1.807) is 11.3 Å². The van der Waals surface area contributed by atoms with E-state index in [2.05, 4.69) is 33.8 Å². The van der Waals surface area contributed by atoms with Gasteiger partial charge < -0.3 is 4.74 Å². The van der Waals surface area contributed by atoms with Crippen LogP contribution in [-0.2, 0) is 0 Å². The molecule has 0 atom stereocenters. The molecule has 0 aliphatic carbocycles. The number of imidazole rings is 1. The molecule has 0 saturated carbocycles. The van der Waals surface area contributed by atoms with Gasteiger partial charge in [0.25, 0.3) is 0 Å². The van der Waals surface area contributed by atoms with Gasteiger partial charge in [-0.05, 0) is 36.2 Å². The highest BCUT2D eigenvalue weighted by Gasteiger charge is 2.06. The molecule has 0 spiro atoms. The Kier molecular flexibility index (Phi) is 3.02. The molecule has 0 radical (unpaired) electrons. The van der Waals surface area contributed by atoms with Crippen LogP contribution in [0.5, 0.6) is 5.75 Å². The number of benzene rings is 1. The summed E-state index contributed by atoms with van der Waals surface area (Å²) in [5, 5.41) is 2.13. The van der Waals surface area contributed by atoms with Gasteiger partial charge in [-0.25, -0.2) is 4.98 Å². The second-order valence-electron chi connectivity index (χ2n) is 4.07. The first-order valence-electron chi connectivity index (χ1n) is 6.02. The summed E-state index contributed by atoms with van der Waals surface area (Å²) in [5.74, 6) is 0.928. The summed E-state index contributed by atoms with van der Waals surface area (Å²) in [4.78, 5) is 5.30. The molecular weight excluding hydrogens is 244 g/mol. The van der Waals surface area contributed by atoms with Gasteiger partial charge in [0.2, 0.25) is 0 Å². The monoisotopic (exact) mass is 258 g/mol. The average molecular weight is 258 g/mol. The summed E-state index contributed by atoms with van der Waals surface area (Å²) in [5.41, 5.74) is 2.36. The molecule has 2 heterocycles. The quantitative estimate of drug-likeness (QED) is 0.710. The minimum atomic E-state index is 0.767. The minimum absolute atomic E-state index is 0.767. The van der Waals surface area contributed by atoms with Crippen LogP contribution in [-0.4, -0.2) is 16.0 Å². The van der Waals surface area contributed by atoms with E-state index in [-0.39, 0.29) is 0 Å². The van der Waals surface area contributed by atoms with Crippen molar-refractivity contribution in [2.45, 2.75) is 13.3 Å². The van der Waals surface area contributed by atoms with Crippen LogP contribution in [0.1, 0.15) is 13.3 Å². The topological polar surface area (TPSA) is 26.5 Å². The fourth-order valence-corrected chi connectivity index (χ4v) is 2.74. The van der Waals surface area contributed by atoms with E-state index < -0.39 is 0 Å². The van der Waals surface area contributed by atoms with Crippen LogP contribution in [0.2, 0.25) is 0 Å². The smallest absolute Gasteiger partial charge is 0.194 e. The number of thiazole rings is 1. The summed E-state index contributed by atoms with van der Waals surface area (Å²) in [6.07, 6.45) is 4.85. The van der Waals surface area contributed by atoms with Gasteiger partial charge in [-0.3, -0.25) is 4.40 Å². The van der Waals surface area contributed by atoms with Crippen LogP contribution in [0.15, 0.2) is 42.0 Å². The summed E-state index contributed by atoms with van der Waals surface area (Å²) in [6, 6.07) is 8.22. The highest BCUT2D eigenvalue weighted by atomic mass is 32.1. The van der Waals surface area contributed by atoms with Gasteiger partial charge in [0, 0.05) is 17.8 Å². The number of nitrogens with zero attached hydrogens (tertiary/aromatic N) is 2. The van der Waals surface area contributed by atoms with E-state index >= 15 is 0 Å². The van der Waals surface area contributed by atoms with Gasteiger partial charge in [0.15, 0.2) is 4.96 Å². The third-order valence-corrected chi connectivity index (χ3v) is 3.62. The van der Waals surface area contributed by atoms with Crippen LogP contribution < -0.4 is 4.74 Å². The first kappa shape index (κ1) is 11.3. The van der Waals surface area contributed by atoms with Crippen molar-refractivity contribution in [1.29, 1.82) is 0 Å². The lowest BCUT2D eigenvalue weighted by atomic mass is 10.2. The van der Waals surface area contributed by atoms with Crippen LogP contribution >= 0.6 is 11.3 Å². The van der Waals surface area contributed by atoms with Gasteiger partial charge in [-0.1, -0.05) is 6.92 Å². The van der Waals surface area contributed by atoms with Crippen molar-refractivity contribution in [1.82, 2.24) is 9.38 Å². The van der Waals surface area contributed by atoms with Gasteiger partial charge in [-0.2, -0.15) is 0 Å². The molecule has 0 aliphatic rings. The van der Waals surface area contributed by atoms with E-state index in [4.69, 9.17) is 4.74 Å². The zero-order valence-corrected chi connectivity index (χ0v) is 11.0. The molecule has 3 rings (SSSR count). The average Bonchev–Trinajstić information content (AvgIpc) is 2.99. The van der Waals surface area contributed by atoms with E-state index in [1.807, 2.05) is 24.5 Å². The van der Waals surface area contributed by atoms with Crippen LogP contribution in [0, 0.1) is 0 Å². The fourth-order valence-electron chi connectivity index (χ4n) is 1.87. The zero-order valence-electron chi connectivity index (χ0n) is 10.2. The molecule has 3 aromatic rings. The molecule has 18 heavy (non-hydrogen) atoms. The molecule has 1 aromatic carbocycles. The molecule has 3 nitrogen and oxygen atoms in total. The van der Waals surface area contributed by atoms with Crippen molar-refractivity contribution in [2.75, 3.05) is 6.61 Å². The minimum Gasteiger partial charge on any atom is -0.494 e. The first-order chi connectivity index (χ1) is 8.88. The van der Waals surface area contributed by atoms with Crippen molar-refractivity contribution in [3.63, 3.8) is 0 Å². The van der Waals surface area contributed by atoms with E-state index in [0.717, 1.165) is 23.7 Å². The van der Waals surface area contributed by atoms with Crippen LogP contribution in [0.3, 0.4) is 0 Å². The van der Waals surface area contributed by atoms with Crippen molar-refractivity contribution in [2.24, 2.45) is 0 Å². The van der Waals surface area contributed by atoms with E-state index in [0.29, 0.717) is 0 Å². The van der Waals surface area contributed by atoms with Crippen molar-refractivity contribution in [3.05, 3.63) is 42.0 Å². The van der Waals surface area contributed by atoms with Crippen LogP contribution in [0.25, 0.3) is 16.2 Å². The summed E-state index contributed by atoms with van der Waals surface area (Å²) in [7, 11) is 0. The number of hydrogen-bond acceptors (Lipinski definition) is 3. The lowest BCUT2D eigenvalue weighted by molar-refractivity contribution is 0.317. The fraction of sp³-hybridized carbons (Fsp3) is 0.214. The number of fused-ring (bicyclic) bond motifs is 1. The highest BCUT2D eigenvalue weighted by Crippen LogP contribution is 2.26. The molecule has 0 fully saturated rings. The molecule has 0 aliphatic heterocycles. The summed E-state index contributed by atoms with van der Waals surface area (Å²) >= 11 is 1.65. The number of aromatic nitrogens is 2. The predicted octanol–water partition coefficient (Wildman–Crippen LogP) is 3.85. The zero-order chi connectivity index (χ0) is 12.4. The Morgan fingerprint density at radius 2 is 2.11 bits per heavy atom. The lowest BCUT2D eigenvalue weighted by Gasteiger charge is -2.05. The van der Waals surface area contributed by atoms with E-state index in [9.17, 15) is 0 Å². The summed E-state index contributed by atoms with van der Waals surface area (Å²) < 4.78 is 7.69. The van der Waals surface area contributed by atoms with Gasteiger partial charge in [0.05, 0.1) is 12.3 Å². The number of rotatable bonds is 4. The SMILES string of the molecule is CCCOc1ccc(-c2csc3nccn23)cc1. The third-order valence-electron chi connectivity index (χ3n) is 2.77. The normalized spacial score (nSPS) is 10.9. The second kappa shape index (κ2) is 4.82. The molecule has 92 valence electrons. The number of hydrogen-bond donors (Lipinski definition) is 0. The Morgan fingerprint density at radius 3 is 2.89 bits per heavy atom. The molecule has 4 heteroatoms. The molecule has 0 unspecified atom stereocenters. The van der Waals surface area contributed by atoms with Crippen LogP contribution in [0.4, 0.5) is 0 Å². The van der Waals surface area contributed by atoms with Gasteiger partial charge in [-0.15, -0.1) is 11.3 Å². The van der Waals surface area contributed by atoms with Crippen molar-refractivity contribution >= 4 is 16.3 Å². The van der Waals surface area contributed by atoms with Gasteiger partial charge in [0.1, 0.15) is 5.75 Å². The van der Waals surface area contributed by atoms with Crippen molar-refractivity contribution in [3.8, 4) is 17.0 Å². The maximum atomic E-state index is 5.58. The number of ether oxygens (including phenoxy) is 1. The third kappa shape index (κ3) is 1.99. The Bertz CT molecular complexity index is 639. The lowest BCUT2D eigenvalue weighted by Crippen LogP contribution is -1.94. The standard InChI is InChI=1S/C14H14N2OS/c1-2-9-17-12-5-3-11(4-6-12)13-10-18-14-15-7-8-16(13)14/h3-8,10H,2,9H2,1H3. The second-order valence-corrected chi connectivity index (χ2v) is 4.91. The molecule has 0 bridgehead atoms. The molecule has 0 amide bonds. The maximum Gasteiger partial charge on any atom is 0.194 e. The Hall–Kier alpha value is -1.81.